The molecule has 17 heavy (non-hydrogen) atoms. The van der Waals surface area contributed by atoms with Crippen LogP contribution in [0.25, 0.3) is 0 Å². The van der Waals surface area contributed by atoms with Crippen LogP contribution in [0.1, 0.15) is 38.5 Å². The Hall–Kier alpha value is -0.160. The van der Waals surface area contributed by atoms with Gasteiger partial charge in [-0.25, -0.2) is 0 Å². The van der Waals surface area contributed by atoms with E-state index in [4.69, 9.17) is 9.47 Å². The average molecular weight is 243 g/mol. The van der Waals surface area contributed by atoms with Crippen molar-refractivity contribution in [1.29, 1.82) is 0 Å². The molecule has 1 aliphatic heterocycles. The highest BCUT2D eigenvalue weighted by Gasteiger charge is 2.17. The number of nitrogens with one attached hydrogen (secondary N) is 1. The lowest BCUT2D eigenvalue weighted by Crippen LogP contribution is -2.36. The summed E-state index contributed by atoms with van der Waals surface area (Å²) in [5.41, 5.74) is 0. The highest BCUT2D eigenvalue weighted by molar-refractivity contribution is 4.75. The van der Waals surface area contributed by atoms with Crippen LogP contribution in [0.5, 0.6) is 0 Å². The predicted octanol–water partition coefficient (Wildman–Crippen LogP) is 1.08. The summed E-state index contributed by atoms with van der Waals surface area (Å²) in [6, 6.07) is 0.614. The average Bonchev–Trinajstić information content (AvgIpc) is 2.99. The minimum absolute atomic E-state index is 0.255. The molecule has 2 N–H and O–H groups in total. The van der Waals surface area contributed by atoms with Crippen molar-refractivity contribution in [3.05, 3.63) is 0 Å². The summed E-state index contributed by atoms with van der Waals surface area (Å²) < 4.78 is 10.9. The third-order valence-electron chi connectivity index (χ3n) is 3.64. The van der Waals surface area contributed by atoms with Gasteiger partial charge in [-0.1, -0.05) is 12.8 Å². The van der Waals surface area contributed by atoms with Crippen molar-refractivity contribution in [1.82, 2.24) is 5.32 Å². The van der Waals surface area contributed by atoms with Gasteiger partial charge in [-0.2, -0.15) is 0 Å². The van der Waals surface area contributed by atoms with Gasteiger partial charge in [-0.05, 0) is 25.7 Å². The van der Waals surface area contributed by atoms with E-state index in [1.807, 2.05) is 0 Å². The Labute approximate surface area is 104 Å². The molecule has 2 atom stereocenters. The summed E-state index contributed by atoms with van der Waals surface area (Å²) in [5.74, 6) is 0. The molecule has 1 saturated carbocycles. The highest BCUT2D eigenvalue weighted by Crippen LogP contribution is 2.17. The monoisotopic (exact) mass is 243 g/mol. The molecule has 2 rings (SSSR count). The number of hydrogen-bond donors (Lipinski definition) is 2. The third-order valence-corrected chi connectivity index (χ3v) is 3.64. The SMILES string of the molecule is OC(CNC1CCCC1)COCC1CCCO1. The summed E-state index contributed by atoms with van der Waals surface area (Å²) in [5, 5.41) is 13.2. The normalized spacial score (nSPS) is 27.7. The highest BCUT2D eigenvalue weighted by atomic mass is 16.5. The smallest absolute Gasteiger partial charge is 0.0897 e. The molecule has 0 aromatic rings. The third kappa shape index (κ3) is 4.92. The maximum atomic E-state index is 9.76. The fraction of sp³-hybridized carbons (Fsp3) is 1.00. The van der Waals surface area contributed by atoms with Crippen LogP contribution in [0, 0.1) is 0 Å². The van der Waals surface area contributed by atoms with E-state index >= 15 is 0 Å². The summed E-state index contributed by atoms with van der Waals surface area (Å²) in [6.45, 7) is 2.55. The number of aliphatic hydroxyl groups is 1. The van der Waals surface area contributed by atoms with Crippen molar-refractivity contribution in [3.8, 4) is 0 Å². The van der Waals surface area contributed by atoms with Crippen LogP contribution in [0.15, 0.2) is 0 Å². The van der Waals surface area contributed by atoms with Crippen molar-refractivity contribution < 1.29 is 14.6 Å². The lowest BCUT2D eigenvalue weighted by molar-refractivity contribution is -0.0169. The minimum atomic E-state index is -0.392. The van der Waals surface area contributed by atoms with Crippen LogP contribution in [0.4, 0.5) is 0 Å². The summed E-state index contributed by atoms with van der Waals surface area (Å²) in [4.78, 5) is 0. The molecule has 1 saturated heterocycles. The molecule has 100 valence electrons. The van der Waals surface area contributed by atoms with E-state index in [-0.39, 0.29) is 6.10 Å². The second-order valence-electron chi connectivity index (χ2n) is 5.22. The zero-order chi connectivity index (χ0) is 11.9. The Kier molecular flexibility index (Phi) is 5.71. The lowest BCUT2D eigenvalue weighted by Gasteiger charge is -2.17. The second-order valence-corrected chi connectivity index (χ2v) is 5.22. The van der Waals surface area contributed by atoms with Gasteiger partial charge >= 0.3 is 0 Å². The topological polar surface area (TPSA) is 50.7 Å². The van der Waals surface area contributed by atoms with Crippen LogP contribution < -0.4 is 5.32 Å². The molecule has 1 heterocycles. The van der Waals surface area contributed by atoms with Crippen molar-refractivity contribution in [2.24, 2.45) is 0 Å². The van der Waals surface area contributed by atoms with Crippen molar-refractivity contribution >= 4 is 0 Å². The molecule has 0 amide bonds. The van der Waals surface area contributed by atoms with Gasteiger partial charge < -0.3 is 19.9 Å². The quantitative estimate of drug-likeness (QED) is 0.702. The first-order valence-corrected chi connectivity index (χ1v) is 6.95. The number of hydrogen-bond acceptors (Lipinski definition) is 4. The first kappa shape index (κ1) is 13.3. The molecule has 0 bridgehead atoms. The first-order chi connectivity index (χ1) is 8.34. The van der Waals surface area contributed by atoms with Gasteiger partial charge in [0.05, 0.1) is 25.4 Å². The summed E-state index contributed by atoms with van der Waals surface area (Å²) in [6.07, 6.45) is 7.25. The van der Waals surface area contributed by atoms with E-state index < -0.39 is 6.10 Å². The Morgan fingerprint density at radius 3 is 2.76 bits per heavy atom. The fourth-order valence-corrected chi connectivity index (χ4v) is 2.60. The van der Waals surface area contributed by atoms with E-state index in [0.717, 1.165) is 19.4 Å². The predicted molar refractivity (Wildman–Crippen MR) is 66.1 cm³/mol. The zero-order valence-corrected chi connectivity index (χ0v) is 10.6. The fourth-order valence-electron chi connectivity index (χ4n) is 2.60. The Balaban J connectivity index is 1.46. The molecule has 4 nitrogen and oxygen atoms in total. The molecule has 4 heteroatoms. The molecule has 0 radical (unpaired) electrons. The Morgan fingerprint density at radius 2 is 2.06 bits per heavy atom. The Morgan fingerprint density at radius 1 is 1.24 bits per heavy atom. The molecular weight excluding hydrogens is 218 g/mol. The maximum absolute atomic E-state index is 9.76. The number of rotatable bonds is 7. The van der Waals surface area contributed by atoms with Crippen LogP contribution in [0.3, 0.4) is 0 Å². The van der Waals surface area contributed by atoms with E-state index in [0.29, 0.717) is 25.8 Å². The molecular formula is C13H25NO3. The molecule has 2 aliphatic rings. The van der Waals surface area contributed by atoms with Gasteiger partial charge in [0.2, 0.25) is 0 Å². The molecule has 0 aromatic heterocycles. The van der Waals surface area contributed by atoms with Gasteiger partial charge in [0.15, 0.2) is 0 Å². The van der Waals surface area contributed by atoms with Crippen LogP contribution in [0.2, 0.25) is 0 Å². The van der Waals surface area contributed by atoms with Gasteiger partial charge in [-0.15, -0.1) is 0 Å². The summed E-state index contributed by atoms with van der Waals surface area (Å²) >= 11 is 0. The van der Waals surface area contributed by atoms with Gasteiger partial charge in [0.25, 0.3) is 0 Å². The minimum Gasteiger partial charge on any atom is -0.389 e. The summed E-state index contributed by atoms with van der Waals surface area (Å²) in [7, 11) is 0. The number of aliphatic hydroxyl groups excluding tert-OH is 1. The van der Waals surface area contributed by atoms with Gasteiger partial charge in [-0.3, -0.25) is 0 Å². The molecule has 1 aliphatic carbocycles. The molecule has 0 spiro atoms. The first-order valence-electron chi connectivity index (χ1n) is 6.95. The van der Waals surface area contributed by atoms with Crippen LogP contribution >= 0.6 is 0 Å². The van der Waals surface area contributed by atoms with E-state index in [1.54, 1.807) is 0 Å². The van der Waals surface area contributed by atoms with Gasteiger partial charge in [0.1, 0.15) is 0 Å². The lowest BCUT2D eigenvalue weighted by atomic mass is 10.2. The van der Waals surface area contributed by atoms with Crippen LogP contribution in [-0.4, -0.2) is 49.7 Å². The molecule has 2 unspecified atom stereocenters. The largest absolute Gasteiger partial charge is 0.389 e. The van der Waals surface area contributed by atoms with Gasteiger partial charge in [0, 0.05) is 19.2 Å². The Bertz CT molecular complexity index is 201. The zero-order valence-electron chi connectivity index (χ0n) is 10.6. The number of ether oxygens (including phenoxy) is 2. The standard InChI is InChI=1S/C13H25NO3/c15-12(8-14-11-4-1-2-5-11)9-16-10-13-6-3-7-17-13/h11-15H,1-10H2. The van der Waals surface area contributed by atoms with Crippen molar-refractivity contribution in [2.75, 3.05) is 26.4 Å². The molecule has 0 aromatic carbocycles. The van der Waals surface area contributed by atoms with E-state index in [1.165, 1.54) is 25.7 Å². The van der Waals surface area contributed by atoms with E-state index in [9.17, 15) is 5.11 Å². The van der Waals surface area contributed by atoms with E-state index in [2.05, 4.69) is 5.32 Å². The van der Waals surface area contributed by atoms with Crippen molar-refractivity contribution in [3.63, 3.8) is 0 Å². The molecule has 2 fully saturated rings. The second kappa shape index (κ2) is 7.31. The maximum Gasteiger partial charge on any atom is 0.0897 e. The van der Waals surface area contributed by atoms with Crippen LogP contribution in [-0.2, 0) is 9.47 Å². The van der Waals surface area contributed by atoms with Crippen molar-refractivity contribution in [2.45, 2.75) is 56.8 Å².